The Morgan fingerprint density at radius 3 is 2.13 bits per heavy atom. The van der Waals surface area contributed by atoms with Crippen LogP contribution in [0.1, 0.15) is 34.5 Å². The molecule has 1 heterocycles. The Balaban J connectivity index is 2.40. The van der Waals surface area contributed by atoms with Gasteiger partial charge in [0, 0.05) is 23.4 Å². The predicted molar refractivity (Wildman–Crippen MR) is 81.2 cm³/mol. The molecule has 2 rings (SSSR count). The number of halogens is 9. The molecule has 2 aromatic rings. The third-order valence-corrected chi connectivity index (χ3v) is 3.83. The second kappa shape index (κ2) is 8.13. The van der Waals surface area contributed by atoms with E-state index in [2.05, 4.69) is 9.72 Å². The van der Waals surface area contributed by atoms with Gasteiger partial charge in [-0.2, -0.15) is 13.2 Å². The summed E-state index contributed by atoms with van der Waals surface area (Å²) in [6.45, 7) is 0. The number of nitrogens with zero attached hydrogens (tertiary/aromatic N) is 1. The van der Waals surface area contributed by atoms with Gasteiger partial charge in [0.2, 0.25) is 0 Å². The number of benzene rings is 1. The number of carbonyl (C=O) groups is 1. The van der Waals surface area contributed by atoms with E-state index in [4.69, 9.17) is 0 Å². The molecule has 0 aliphatic heterocycles. The molecule has 0 amide bonds. The van der Waals surface area contributed by atoms with Crippen molar-refractivity contribution in [2.24, 2.45) is 0 Å². The third-order valence-electron chi connectivity index (χ3n) is 3.83. The summed E-state index contributed by atoms with van der Waals surface area (Å²) in [6.07, 6.45) is -15.1. The topological polar surface area (TPSA) is 59.4 Å². The molecule has 4 nitrogen and oxygen atoms in total. The zero-order valence-electron chi connectivity index (χ0n) is 14.4. The Hall–Kier alpha value is -2.83. The Labute approximate surface area is 161 Å². The highest BCUT2D eigenvalue weighted by molar-refractivity contribution is 5.95. The van der Waals surface area contributed by atoms with Gasteiger partial charge in [0.15, 0.2) is 11.4 Å². The van der Waals surface area contributed by atoms with Gasteiger partial charge in [0.25, 0.3) is 6.43 Å². The lowest BCUT2D eigenvalue weighted by molar-refractivity contribution is -0.275. The number of hydrogen-bond donors (Lipinski definition) is 1. The lowest BCUT2D eigenvalue weighted by Gasteiger charge is -2.30. The molecule has 1 aromatic carbocycles. The fourth-order valence-electron chi connectivity index (χ4n) is 2.40. The molecule has 0 saturated carbocycles. The van der Waals surface area contributed by atoms with Crippen LogP contribution in [-0.2, 0) is 5.60 Å². The summed E-state index contributed by atoms with van der Waals surface area (Å²) in [6, 6.07) is 1.88. The van der Waals surface area contributed by atoms with Gasteiger partial charge < -0.3 is 9.84 Å². The molecule has 0 aliphatic carbocycles. The van der Waals surface area contributed by atoms with Gasteiger partial charge in [0.1, 0.15) is 17.3 Å². The maximum absolute atomic E-state index is 14.1. The number of aliphatic hydroxyl groups is 1. The maximum Gasteiger partial charge on any atom is 0.573 e. The molecule has 0 radical (unpaired) electrons. The summed E-state index contributed by atoms with van der Waals surface area (Å²) in [5.74, 6) is -4.60. The van der Waals surface area contributed by atoms with Crippen LogP contribution >= 0.6 is 0 Å². The number of ketones is 1. The van der Waals surface area contributed by atoms with Crippen molar-refractivity contribution in [2.45, 2.75) is 31.0 Å². The van der Waals surface area contributed by atoms with Gasteiger partial charge in [0.05, 0.1) is 6.42 Å². The van der Waals surface area contributed by atoms with Crippen molar-refractivity contribution in [3.8, 4) is 5.75 Å². The first kappa shape index (κ1) is 23.4. The first-order chi connectivity index (χ1) is 13.6. The molecule has 0 bridgehead atoms. The van der Waals surface area contributed by atoms with Crippen LogP contribution < -0.4 is 4.74 Å². The monoisotopic (exact) mass is 447 g/mol. The van der Waals surface area contributed by atoms with Crippen LogP contribution in [0.4, 0.5) is 39.5 Å². The van der Waals surface area contributed by atoms with Gasteiger partial charge in [-0.15, -0.1) is 13.2 Å². The summed E-state index contributed by atoms with van der Waals surface area (Å²) in [7, 11) is 0. The fraction of sp³-hybridized carbons (Fsp3) is 0.294. The summed E-state index contributed by atoms with van der Waals surface area (Å²) < 4.78 is 119. The largest absolute Gasteiger partial charge is 0.573 e. The lowest BCUT2D eigenvalue weighted by Crippen LogP contribution is -2.45. The Morgan fingerprint density at radius 2 is 1.70 bits per heavy atom. The van der Waals surface area contributed by atoms with E-state index in [0.29, 0.717) is 18.3 Å². The van der Waals surface area contributed by atoms with Gasteiger partial charge in [-0.1, -0.05) is 0 Å². The van der Waals surface area contributed by atoms with Crippen LogP contribution in [0, 0.1) is 5.82 Å². The smallest absolute Gasteiger partial charge is 0.406 e. The summed E-state index contributed by atoms with van der Waals surface area (Å²) in [5.41, 5.74) is -7.03. The van der Waals surface area contributed by atoms with E-state index in [1.807, 2.05) is 0 Å². The van der Waals surface area contributed by atoms with Crippen molar-refractivity contribution in [3.05, 3.63) is 59.2 Å². The molecule has 1 unspecified atom stereocenters. The third kappa shape index (κ3) is 5.20. The van der Waals surface area contributed by atoms with Crippen molar-refractivity contribution >= 4 is 5.78 Å². The number of pyridine rings is 1. The number of ether oxygens (including phenoxy) is 1. The van der Waals surface area contributed by atoms with E-state index in [9.17, 15) is 49.4 Å². The van der Waals surface area contributed by atoms with Gasteiger partial charge in [-0.25, -0.2) is 13.2 Å². The molecule has 13 heteroatoms. The number of alkyl halides is 8. The van der Waals surface area contributed by atoms with E-state index in [1.54, 1.807) is 0 Å². The van der Waals surface area contributed by atoms with Crippen LogP contribution in [0.5, 0.6) is 5.75 Å². The maximum atomic E-state index is 14.1. The van der Waals surface area contributed by atoms with Crippen molar-refractivity contribution in [1.29, 1.82) is 0 Å². The minimum Gasteiger partial charge on any atom is -0.406 e. The zero-order chi connectivity index (χ0) is 22.9. The molecule has 0 spiro atoms. The Kier molecular flexibility index (Phi) is 6.35. The molecule has 1 aromatic heterocycles. The number of carbonyl (C=O) groups excluding carboxylic acids is 1. The second-order valence-corrected chi connectivity index (χ2v) is 5.92. The summed E-state index contributed by atoms with van der Waals surface area (Å²) >= 11 is 0. The first-order valence-electron chi connectivity index (χ1n) is 7.76. The molecule has 1 atom stereocenters. The minimum absolute atomic E-state index is 0.0420. The van der Waals surface area contributed by atoms with Crippen molar-refractivity contribution in [1.82, 2.24) is 4.98 Å². The van der Waals surface area contributed by atoms with E-state index in [1.165, 1.54) is 0 Å². The highest BCUT2D eigenvalue weighted by atomic mass is 19.4. The number of Topliss-reactive ketones (excluding diaryl/α,β-unsaturated/α-hetero) is 1. The SMILES string of the molecule is O=C(CC(O)(c1ccc(OC(F)(F)F)cc1F)C(F)(F)F)c1ccc(C(F)F)cn1. The molecular formula is C17H10F9NO3. The van der Waals surface area contributed by atoms with Crippen molar-refractivity contribution in [2.75, 3.05) is 0 Å². The summed E-state index contributed by atoms with van der Waals surface area (Å²) in [5, 5.41) is 10.1. The number of rotatable bonds is 6. The highest BCUT2D eigenvalue weighted by Gasteiger charge is 2.57. The molecule has 0 saturated heterocycles. The van der Waals surface area contributed by atoms with Crippen LogP contribution in [0.25, 0.3) is 0 Å². The molecule has 0 aliphatic rings. The van der Waals surface area contributed by atoms with Crippen LogP contribution in [0.2, 0.25) is 0 Å². The lowest BCUT2D eigenvalue weighted by atomic mass is 9.86. The molecular weight excluding hydrogens is 437 g/mol. The number of aromatic nitrogens is 1. The highest BCUT2D eigenvalue weighted by Crippen LogP contribution is 2.44. The van der Waals surface area contributed by atoms with E-state index in [-0.39, 0.29) is 12.1 Å². The molecule has 30 heavy (non-hydrogen) atoms. The van der Waals surface area contributed by atoms with Crippen LogP contribution in [-0.4, -0.2) is 28.4 Å². The van der Waals surface area contributed by atoms with Crippen LogP contribution in [0.15, 0.2) is 36.5 Å². The van der Waals surface area contributed by atoms with Crippen molar-refractivity contribution < 1.29 is 54.2 Å². The van der Waals surface area contributed by atoms with E-state index in [0.717, 1.165) is 6.07 Å². The van der Waals surface area contributed by atoms with E-state index < -0.39 is 65.2 Å². The number of hydrogen-bond acceptors (Lipinski definition) is 4. The first-order valence-corrected chi connectivity index (χ1v) is 7.76. The van der Waals surface area contributed by atoms with E-state index >= 15 is 0 Å². The Bertz CT molecular complexity index is 910. The summed E-state index contributed by atoms with van der Waals surface area (Å²) in [4.78, 5) is 15.4. The average Bonchev–Trinajstić information content (AvgIpc) is 2.59. The van der Waals surface area contributed by atoms with Crippen molar-refractivity contribution in [3.63, 3.8) is 0 Å². The van der Waals surface area contributed by atoms with Crippen LogP contribution in [0.3, 0.4) is 0 Å². The molecule has 1 N–H and O–H groups in total. The second-order valence-electron chi connectivity index (χ2n) is 5.92. The minimum atomic E-state index is -5.64. The normalized spacial score (nSPS) is 14.5. The standard InChI is InChI=1S/C17H10F9NO3/c18-11-5-9(30-17(24,25)26)2-3-10(11)15(29,16(21,22)23)6-13(28)12-4-1-8(7-27-12)14(19)20/h1-5,7,14,29H,6H2. The Morgan fingerprint density at radius 1 is 1.07 bits per heavy atom. The predicted octanol–water partition coefficient (Wildman–Crippen LogP) is 5.08. The quantitative estimate of drug-likeness (QED) is 0.496. The van der Waals surface area contributed by atoms with Gasteiger partial charge >= 0.3 is 12.5 Å². The zero-order valence-corrected chi connectivity index (χ0v) is 14.4. The molecule has 0 fully saturated rings. The average molecular weight is 447 g/mol. The fourth-order valence-corrected chi connectivity index (χ4v) is 2.40. The molecule has 164 valence electrons. The van der Waals surface area contributed by atoms with Gasteiger partial charge in [-0.05, 0) is 24.3 Å². The van der Waals surface area contributed by atoms with Gasteiger partial charge in [-0.3, -0.25) is 9.78 Å².